The van der Waals surface area contributed by atoms with Gasteiger partial charge < -0.3 is 15.3 Å². The van der Waals surface area contributed by atoms with E-state index >= 15 is 0 Å². The van der Waals surface area contributed by atoms with Crippen molar-refractivity contribution in [1.82, 2.24) is 0 Å². The van der Waals surface area contributed by atoms with Gasteiger partial charge in [0.2, 0.25) is 0 Å². The molecule has 0 aromatic heterocycles. The summed E-state index contributed by atoms with van der Waals surface area (Å²) in [4.78, 5) is 0. The third-order valence-electron chi connectivity index (χ3n) is 6.32. The van der Waals surface area contributed by atoms with Crippen molar-refractivity contribution in [2.24, 2.45) is 0 Å². The first-order chi connectivity index (χ1) is 27.2. The molecule has 0 aromatic carbocycles. The van der Waals surface area contributed by atoms with Gasteiger partial charge in [-0.3, -0.25) is 13.7 Å². The highest BCUT2D eigenvalue weighted by atomic mass is 32.2. The summed E-state index contributed by atoms with van der Waals surface area (Å²) in [6.45, 7) is -0.331. The fraction of sp³-hybridized carbons (Fsp3) is 1.00. The smallest absolute Gasteiger partial charge is 0.396 e. The summed E-state index contributed by atoms with van der Waals surface area (Å²) in [5.41, 5.74) is 0. The van der Waals surface area contributed by atoms with Gasteiger partial charge in [-0.2, -0.15) is 144 Å². The van der Waals surface area contributed by atoms with Crippen molar-refractivity contribution in [3.63, 3.8) is 0 Å². The molecular weight excluding hydrogens is 1070 g/mol. The summed E-state index contributed by atoms with van der Waals surface area (Å²) in [5, 5.41) is 24.6. The highest BCUT2D eigenvalue weighted by Crippen LogP contribution is 2.56. The van der Waals surface area contributed by atoms with Crippen LogP contribution in [0.15, 0.2) is 0 Å². The number of hydrogen-bond donors (Lipinski definition) is 6. The quantitative estimate of drug-likeness (QED) is 0.0608. The minimum Gasteiger partial charge on any atom is -0.396 e. The van der Waals surface area contributed by atoms with E-state index in [0.717, 1.165) is 0 Å². The van der Waals surface area contributed by atoms with E-state index < -0.39 is 145 Å². The number of rotatable bonds is 18. The van der Waals surface area contributed by atoms with Gasteiger partial charge >= 0.3 is 71.8 Å². The normalized spacial score (nSPS) is 15.5. The van der Waals surface area contributed by atoms with Crippen LogP contribution < -0.4 is 0 Å². The van der Waals surface area contributed by atoms with Crippen LogP contribution in [0.1, 0.15) is 25.7 Å². The number of aliphatic hydroxyl groups is 3. The fourth-order valence-electron chi connectivity index (χ4n) is 2.71. The molecule has 0 bridgehead atoms. The molecule has 0 aromatic rings. The van der Waals surface area contributed by atoms with Crippen molar-refractivity contribution in [1.29, 1.82) is 0 Å². The predicted octanol–water partition coefficient (Wildman–Crippen LogP) is 6.92. The van der Waals surface area contributed by atoms with Crippen molar-refractivity contribution in [2.75, 3.05) is 30.5 Å². The molecule has 392 valence electrons. The molecule has 6 N–H and O–H groups in total. The van der Waals surface area contributed by atoms with Gasteiger partial charge in [0, 0.05) is 25.9 Å². The molecule has 0 heterocycles. The Morgan fingerprint density at radius 3 is 0.609 bits per heavy atom. The number of aliphatic hydroxyl groups excluding tert-OH is 3. The monoisotopic (exact) mass is 1090 g/mol. The van der Waals surface area contributed by atoms with E-state index in [4.69, 9.17) is 29.0 Å². The largest absolute Gasteiger partial charge is 0.460 e. The van der Waals surface area contributed by atoms with Gasteiger partial charge in [0.15, 0.2) is 0 Å². The summed E-state index contributed by atoms with van der Waals surface area (Å²) < 4.78 is 413. The average molecular weight is 1090 g/mol. The maximum Gasteiger partial charge on any atom is 0.460 e. The Morgan fingerprint density at radius 2 is 0.516 bits per heavy atom. The lowest BCUT2D eigenvalue weighted by atomic mass is 10.0. The zero-order chi connectivity index (χ0) is 53.4. The fourth-order valence-corrected chi connectivity index (χ4v) is 4.25. The zero-order valence-corrected chi connectivity index (χ0v) is 32.0. The maximum absolute atomic E-state index is 12.7. The summed E-state index contributed by atoms with van der Waals surface area (Å²) in [6.07, 6.45) is -29.2. The molecule has 0 fully saturated rings. The van der Waals surface area contributed by atoms with Gasteiger partial charge in [-0.25, -0.2) is 0 Å². The van der Waals surface area contributed by atoms with Crippen molar-refractivity contribution in [3.8, 4) is 0 Å². The first kappa shape index (κ1) is 68.3. The lowest BCUT2D eigenvalue weighted by molar-refractivity contribution is -0.396. The highest BCUT2D eigenvalue weighted by Gasteiger charge is 2.83. The van der Waals surface area contributed by atoms with Crippen LogP contribution >= 0.6 is 0 Å². The number of alkyl halides is 27. The van der Waals surface area contributed by atoms with E-state index in [9.17, 15) is 144 Å². The van der Waals surface area contributed by atoms with E-state index in [1.807, 2.05) is 0 Å². The van der Waals surface area contributed by atoms with Gasteiger partial charge in [0.1, 0.15) is 0 Å². The van der Waals surface area contributed by atoms with E-state index in [2.05, 4.69) is 0 Å². The Kier molecular flexibility index (Phi) is 23.2. The van der Waals surface area contributed by atoms with Gasteiger partial charge in [0.05, 0.1) is 30.0 Å². The van der Waals surface area contributed by atoms with Crippen LogP contribution in [-0.4, -0.2) is 163 Å². The van der Waals surface area contributed by atoms with Crippen LogP contribution in [0.25, 0.3) is 0 Å². The predicted molar refractivity (Wildman–Crippen MR) is 151 cm³/mol. The van der Waals surface area contributed by atoms with Crippen LogP contribution in [0.3, 0.4) is 0 Å². The van der Waals surface area contributed by atoms with E-state index in [1.54, 1.807) is 0 Å². The van der Waals surface area contributed by atoms with Gasteiger partial charge in [-0.15, -0.1) is 0 Å². The van der Waals surface area contributed by atoms with Crippen molar-refractivity contribution in [3.05, 3.63) is 0 Å². The highest BCUT2D eigenvalue weighted by molar-refractivity contribution is 7.86. The summed E-state index contributed by atoms with van der Waals surface area (Å²) in [5.74, 6) is -66.1. The van der Waals surface area contributed by atoms with E-state index in [0.29, 0.717) is 0 Å². The van der Waals surface area contributed by atoms with Crippen LogP contribution in [0, 0.1) is 0 Å². The SMILES string of the molecule is O=S(=O)(O)CCC(F)(F)C(F)(F)C(F)(F)C(F)(F)F.O=S(=O)(O)CCC(F)(F)C(F)(F)C(F)(F)C(F)(F)F.O=S(=O)(O)CCC(F)(F)C(F)(F)C(F)(F)C(F)(F)F.OCCC(O)CO. The molecule has 0 aliphatic rings. The van der Waals surface area contributed by atoms with Crippen LogP contribution in [0.2, 0.25) is 0 Å². The Morgan fingerprint density at radius 1 is 0.344 bits per heavy atom. The molecule has 1 atom stereocenters. The van der Waals surface area contributed by atoms with Crippen molar-refractivity contribution >= 4 is 30.4 Å². The molecule has 42 heteroatoms. The third-order valence-corrected chi connectivity index (χ3v) is 8.48. The lowest BCUT2D eigenvalue weighted by Crippen LogP contribution is -2.61. The summed E-state index contributed by atoms with van der Waals surface area (Å²) in [7, 11) is -15.7. The van der Waals surface area contributed by atoms with Gasteiger partial charge in [-0.05, 0) is 6.42 Å². The van der Waals surface area contributed by atoms with E-state index in [-0.39, 0.29) is 19.6 Å². The third kappa shape index (κ3) is 18.8. The Labute approximate surface area is 337 Å². The Bertz CT molecular complexity index is 1580. The molecule has 12 nitrogen and oxygen atoms in total. The second-order valence-electron chi connectivity index (χ2n) is 11.5. The maximum atomic E-state index is 12.7. The molecule has 0 aliphatic carbocycles. The van der Waals surface area contributed by atoms with Crippen molar-refractivity contribution in [2.45, 2.75) is 104 Å². The zero-order valence-electron chi connectivity index (χ0n) is 29.5. The number of halogens is 27. The molecule has 64 heavy (non-hydrogen) atoms. The molecule has 0 saturated heterocycles. The first-order valence-electron chi connectivity index (χ1n) is 14.5. The summed E-state index contributed by atoms with van der Waals surface area (Å²) >= 11 is 0. The first-order valence-corrected chi connectivity index (χ1v) is 19.4. The minimum absolute atomic E-state index is 0.0677. The summed E-state index contributed by atoms with van der Waals surface area (Å²) in [6, 6.07) is 0. The molecular formula is C22H25F27O12S3. The molecule has 0 rings (SSSR count). The molecule has 0 radical (unpaired) electrons. The van der Waals surface area contributed by atoms with Gasteiger partial charge in [0.25, 0.3) is 30.4 Å². The molecule has 1 unspecified atom stereocenters. The molecule has 0 spiro atoms. The molecule has 0 amide bonds. The van der Waals surface area contributed by atoms with Crippen LogP contribution in [0.5, 0.6) is 0 Å². The second-order valence-corrected chi connectivity index (χ2v) is 16.2. The van der Waals surface area contributed by atoms with Crippen LogP contribution in [-0.2, 0) is 30.4 Å². The Hall–Kier alpha value is -2.28. The standard InChI is InChI=1S/3C6H5F9O3S.C4H10O3/c3*7-3(8,1-2-19(16,17)18)4(9,10)5(11,12)6(13,14)15;5-2-1-4(7)3-6/h3*1-2H2,(H,16,17,18);4-7H,1-3H2. The minimum atomic E-state index is -7.07. The van der Waals surface area contributed by atoms with Crippen molar-refractivity contribution < 1.29 is 173 Å². The number of hydrogen-bond acceptors (Lipinski definition) is 9. The van der Waals surface area contributed by atoms with Crippen LogP contribution in [0.4, 0.5) is 119 Å². The van der Waals surface area contributed by atoms with Gasteiger partial charge in [-0.1, -0.05) is 0 Å². The molecule has 0 aliphatic heterocycles. The second kappa shape index (κ2) is 21.8. The molecule has 0 saturated carbocycles. The van der Waals surface area contributed by atoms with E-state index in [1.165, 1.54) is 0 Å². The average Bonchev–Trinajstić information content (AvgIpc) is 3.03. The lowest BCUT2D eigenvalue weighted by Gasteiger charge is -2.33. The topological polar surface area (TPSA) is 224 Å². The Balaban J connectivity index is -0.000000392.